The number of anilines is 1. The molecule has 1 N–H and O–H groups in total. The van der Waals surface area contributed by atoms with E-state index in [0.717, 1.165) is 25.0 Å². The normalized spacial score (nSPS) is 19.4. The third kappa shape index (κ3) is 4.71. The molecule has 23 heavy (non-hydrogen) atoms. The highest BCUT2D eigenvalue weighted by molar-refractivity contribution is 5.94. The number of benzene rings is 1. The first-order valence-corrected chi connectivity index (χ1v) is 7.49. The number of hydrogen-bond donors (Lipinski definition) is 1. The molecule has 126 valence electrons. The van der Waals surface area contributed by atoms with Crippen LogP contribution in [0.25, 0.3) is 0 Å². The van der Waals surface area contributed by atoms with Gasteiger partial charge in [-0.1, -0.05) is 12.5 Å². The van der Waals surface area contributed by atoms with Crippen molar-refractivity contribution in [3.05, 3.63) is 29.8 Å². The summed E-state index contributed by atoms with van der Waals surface area (Å²) in [7, 11) is 1.70. The fraction of sp³-hybridized carbons (Fsp3) is 0.500. The van der Waals surface area contributed by atoms with Crippen molar-refractivity contribution >= 4 is 17.5 Å². The lowest BCUT2D eigenvalue weighted by Gasteiger charge is -2.19. The van der Waals surface area contributed by atoms with E-state index >= 15 is 0 Å². The van der Waals surface area contributed by atoms with Crippen LogP contribution in [0.3, 0.4) is 0 Å². The largest absolute Gasteiger partial charge is 0.416 e. The Hall–Kier alpha value is -2.05. The molecule has 0 aliphatic carbocycles. The van der Waals surface area contributed by atoms with E-state index in [4.69, 9.17) is 0 Å². The molecule has 1 unspecified atom stereocenters. The van der Waals surface area contributed by atoms with Gasteiger partial charge >= 0.3 is 6.18 Å². The molecule has 0 aromatic heterocycles. The Balaban J connectivity index is 2.00. The van der Waals surface area contributed by atoms with Gasteiger partial charge in [0.1, 0.15) is 0 Å². The Bertz CT molecular complexity index is 587. The minimum absolute atomic E-state index is 0.0145. The Morgan fingerprint density at radius 1 is 1.35 bits per heavy atom. The molecule has 1 aromatic rings. The molecular formula is C16H19F3N2O2. The van der Waals surface area contributed by atoms with Crippen LogP contribution >= 0.6 is 0 Å². The molecule has 4 nitrogen and oxygen atoms in total. The molecule has 1 atom stereocenters. The van der Waals surface area contributed by atoms with Gasteiger partial charge in [0.2, 0.25) is 11.8 Å². The van der Waals surface area contributed by atoms with Crippen molar-refractivity contribution in [2.24, 2.45) is 5.92 Å². The summed E-state index contributed by atoms with van der Waals surface area (Å²) in [5.74, 6) is -0.937. The van der Waals surface area contributed by atoms with Gasteiger partial charge in [-0.15, -0.1) is 0 Å². The summed E-state index contributed by atoms with van der Waals surface area (Å²) >= 11 is 0. The van der Waals surface area contributed by atoms with Gasteiger partial charge in [0, 0.05) is 31.6 Å². The van der Waals surface area contributed by atoms with Crippen molar-refractivity contribution in [2.45, 2.75) is 31.9 Å². The van der Waals surface area contributed by atoms with Crippen molar-refractivity contribution < 1.29 is 22.8 Å². The molecule has 1 fully saturated rings. The molecule has 1 heterocycles. The average molecular weight is 328 g/mol. The van der Waals surface area contributed by atoms with Gasteiger partial charge in [-0.25, -0.2) is 0 Å². The zero-order chi connectivity index (χ0) is 17.0. The van der Waals surface area contributed by atoms with Crippen molar-refractivity contribution in [2.75, 3.05) is 18.9 Å². The smallest absolute Gasteiger partial charge is 0.346 e. The van der Waals surface area contributed by atoms with Gasteiger partial charge in [0.25, 0.3) is 0 Å². The van der Waals surface area contributed by atoms with E-state index in [1.165, 1.54) is 12.1 Å². The summed E-state index contributed by atoms with van der Waals surface area (Å²) in [5.41, 5.74) is -0.736. The maximum absolute atomic E-state index is 12.7. The molecule has 7 heteroatoms. The molecule has 1 aromatic carbocycles. The minimum Gasteiger partial charge on any atom is -0.346 e. The van der Waals surface area contributed by atoms with E-state index in [2.05, 4.69) is 5.32 Å². The SMILES string of the molecule is CN1CCCCC(CC(=O)Nc2cccc(C(F)(F)F)c2)C1=O. The van der Waals surface area contributed by atoms with Gasteiger partial charge in [0.15, 0.2) is 0 Å². The zero-order valence-corrected chi connectivity index (χ0v) is 12.8. The van der Waals surface area contributed by atoms with Crippen LogP contribution in [0.4, 0.5) is 18.9 Å². The fourth-order valence-corrected chi connectivity index (χ4v) is 2.68. The molecule has 1 aliphatic heterocycles. The van der Waals surface area contributed by atoms with E-state index in [1.54, 1.807) is 11.9 Å². The number of alkyl halides is 3. The second-order valence-corrected chi connectivity index (χ2v) is 5.78. The molecule has 2 amide bonds. The Morgan fingerprint density at radius 2 is 2.09 bits per heavy atom. The first kappa shape index (κ1) is 17.3. The predicted molar refractivity (Wildman–Crippen MR) is 79.7 cm³/mol. The maximum atomic E-state index is 12.7. The quantitative estimate of drug-likeness (QED) is 0.925. The van der Waals surface area contributed by atoms with Crippen molar-refractivity contribution in [1.82, 2.24) is 4.90 Å². The topological polar surface area (TPSA) is 49.4 Å². The lowest BCUT2D eigenvalue weighted by molar-refractivity contribution is -0.137. The highest BCUT2D eigenvalue weighted by Crippen LogP contribution is 2.30. The molecular weight excluding hydrogens is 309 g/mol. The number of carbonyl (C=O) groups excluding carboxylic acids is 2. The summed E-state index contributed by atoms with van der Waals surface area (Å²) < 4.78 is 38.0. The van der Waals surface area contributed by atoms with Crippen LogP contribution in [0.1, 0.15) is 31.2 Å². The number of nitrogens with zero attached hydrogens (tertiary/aromatic N) is 1. The van der Waals surface area contributed by atoms with E-state index in [0.29, 0.717) is 13.0 Å². The summed E-state index contributed by atoms with van der Waals surface area (Å²) in [4.78, 5) is 25.8. The average Bonchev–Trinajstić information content (AvgIpc) is 2.62. The highest BCUT2D eigenvalue weighted by Gasteiger charge is 2.31. The Morgan fingerprint density at radius 3 is 2.78 bits per heavy atom. The number of halogens is 3. The van der Waals surface area contributed by atoms with Crippen LogP contribution in [0.2, 0.25) is 0 Å². The van der Waals surface area contributed by atoms with E-state index in [9.17, 15) is 22.8 Å². The number of rotatable bonds is 3. The number of amides is 2. The third-order valence-electron chi connectivity index (χ3n) is 3.93. The minimum atomic E-state index is -4.46. The fourth-order valence-electron chi connectivity index (χ4n) is 2.68. The lowest BCUT2D eigenvalue weighted by atomic mass is 9.98. The first-order chi connectivity index (χ1) is 10.8. The third-order valence-corrected chi connectivity index (χ3v) is 3.93. The van der Waals surface area contributed by atoms with E-state index < -0.39 is 23.6 Å². The van der Waals surface area contributed by atoms with Crippen LogP contribution in [0.5, 0.6) is 0 Å². The second-order valence-electron chi connectivity index (χ2n) is 5.78. The van der Waals surface area contributed by atoms with Gasteiger partial charge < -0.3 is 10.2 Å². The van der Waals surface area contributed by atoms with Gasteiger partial charge in [0.05, 0.1) is 5.56 Å². The summed E-state index contributed by atoms with van der Waals surface area (Å²) in [6, 6.07) is 4.47. The van der Waals surface area contributed by atoms with Crippen LogP contribution in [0.15, 0.2) is 24.3 Å². The Labute approximate surface area is 132 Å². The predicted octanol–water partition coefficient (Wildman–Crippen LogP) is 3.29. The van der Waals surface area contributed by atoms with Crippen LogP contribution in [-0.2, 0) is 15.8 Å². The molecule has 0 bridgehead atoms. The van der Waals surface area contributed by atoms with E-state index in [1.807, 2.05) is 0 Å². The lowest BCUT2D eigenvalue weighted by Crippen LogP contribution is -2.33. The van der Waals surface area contributed by atoms with Crippen molar-refractivity contribution in [3.63, 3.8) is 0 Å². The van der Waals surface area contributed by atoms with Gasteiger partial charge in [-0.3, -0.25) is 9.59 Å². The first-order valence-electron chi connectivity index (χ1n) is 7.49. The molecule has 0 spiro atoms. The van der Waals surface area contributed by atoms with E-state index in [-0.39, 0.29) is 18.0 Å². The Kier molecular flexibility index (Phi) is 5.28. The number of carbonyl (C=O) groups is 2. The number of hydrogen-bond acceptors (Lipinski definition) is 2. The molecule has 0 saturated carbocycles. The standard InChI is InChI=1S/C16H19F3N2O2/c1-21-8-3-2-5-11(15(21)23)9-14(22)20-13-7-4-6-12(10-13)16(17,18)19/h4,6-7,10-11H,2-3,5,8-9H2,1H3,(H,20,22). The highest BCUT2D eigenvalue weighted by atomic mass is 19.4. The zero-order valence-electron chi connectivity index (χ0n) is 12.8. The van der Waals surface area contributed by atoms with Crippen molar-refractivity contribution in [3.8, 4) is 0 Å². The number of likely N-dealkylation sites (tertiary alicyclic amines) is 1. The van der Waals surface area contributed by atoms with Crippen LogP contribution in [0, 0.1) is 5.92 Å². The maximum Gasteiger partial charge on any atom is 0.416 e. The molecule has 0 radical (unpaired) electrons. The monoisotopic (exact) mass is 328 g/mol. The summed E-state index contributed by atoms with van der Waals surface area (Å²) in [5, 5.41) is 2.45. The molecule has 1 aliphatic rings. The second kappa shape index (κ2) is 7.02. The van der Waals surface area contributed by atoms with Crippen molar-refractivity contribution in [1.29, 1.82) is 0 Å². The number of nitrogens with one attached hydrogen (secondary N) is 1. The molecule has 2 rings (SSSR count). The summed E-state index contributed by atoms with van der Waals surface area (Å²) in [6.07, 6.45) is -2.09. The summed E-state index contributed by atoms with van der Waals surface area (Å²) in [6.45, 7) is 0.671. The van der Waals surface area contributed by atoms with Gasteiger partial charge in [-0.2, -0.15) is 13.2 Å². The van der Waals surface area contributed by atoms with Gasteiger partial charge in [-0.05, 0) is 31.0 Å². The molecule has 1 saturated heterocycles. The van der Waals surface area contributed by atoms with Crippen LogP contribution in [-0.4, -0.2) is 30.3 Å². The van der Waals surface area contributed by atoms with Crippen LogP contribution < -0.4 is 5.32 Å².